The first-order chi connectivity index (χ1) is 9.41. The van der Waals surface area contributed by atoms with Crippen LogP contribution >= 0.6 is 0 Å². The van der Waals surface area contributed by atoms with Gasteiger partial charge >= 0.3 is 0 Å². The molecule has 0 aliphatic rings. The normalized spacial score (nSPS) is 11.2. The maximum absolute atomic E-state index is 10.4. The Bertz CT molecular complexity index is 478. The molecule has 0 heterocycles. The molecule has 0 saturated carbocycles. The van der Waals surface area contributed by atoms with E-state index in [4.69, 9.17) is 0 Å². The quantitative estimate of drug-likeness (QED) is 0.496. The molecule has 1 aromatic rings. The van der Waals surface area contributed by atoms with Gasteiger partial charge in [0.1, 0.15) is 10.1 Å². The van der Waals surface area contributed by atoms with Crippen molar-refractivity contribution in [3.8, 4) is 0 Å². The van der Waals surface area contributed by atoms with Gasteiger partial charge in [0.05, 0.1) is 11.4 Å². The van der Waals surface area contributed by atoms with Crippen molar-refractivity contribution in [1.82, 2.24) is 0 Å². The largest absolute Gasteiger partial charge is 0.744 e. The van der Waals surface area contributed by atoms with Crippen LogP contribution in [0.25, 0.3) is 0 Å². The molecule has 0 aromatic heterocycles. The van der Waals surface area contributed by atoms with Crippen molar-refractivity contribution in [1.29, 1.82) is 0 Å². The maximum atomic E-state index is 10.4. The van der Waals surface area contributed by atoms with E-state index in [9.17, 15) is 13.0 Å². The first-order valence-electron chi connectivity index (χ1n) is 6.88. The van der Waals surface area contributed by atoms with Crippen LogP contribution in [-0.2, 0) is 10.1 Å². The number of allylic oxidation sites excluding steroid dienone is 1. The Hall–Kier alpha value is -1.17. The third kappa shape index (κ3) is 9.72. The average Bonchev–Trinajstić information content (AvgIpc) is 2.39. The Balaban J connectivity index is 0.000000370. The van der Waals surface area contributed by atoms with Gasteiger partial charge in [0.2, 0.25) is 0 Å². The van der Waals surface area contributed by atoms with Crippen LogP contribution < -0.4 is 5.73 Å². The zero-order valence-electron chi connectivity index (χ0n) is 12.3. The van der Waals surface area contributed by atoms with Crippen molar-refractivity contribution >= 4 is 10.1 Å². The Morgan fingerprint density at radius 1 is 1.15 bits per heavy atom. The number of quaternary nitrogens is 1. The minimum atomic E-state index is -4.27. The molecule has 0 spiro atoms. The van der Waals surface area contributed by atoms with E-state index in [1.807, 2.05) is 6.92 Å². The second-order valence-electron chi connectivity index (χ2n) is 4.52. The highest BCUT2D eigenvalue weighted by atomic mass is 32.2. The van der Waals surface area contributed by atoms with Crippen LogP contribution in [0.3, 0.4) is 0 Å². The molecule has 0 saturated heterocycles. The second-order valence-corrected chi connectivity index (χ2v) is 5.90. The lowest BCUT2D eigenvalue weighted by atomic mass is 10.2. The highest BCUT2D eigenvalue weighted by Gasteiger charge is 1.97. The van der Waals surface area contributed by atoms with Crippen molar-refractivity contribution in [2.45, 2.75) is 44.4 Å². The van der Waals surface area contributed by atoms with Crippen LogP contribution in [0, 0.1) is 6.92 Å². The highest BCUT2D eigenvalue weighted by molar-refractivity contribution is 7.85. The molecule has 1 rings (SSSR count). The van der Waals surface area contributed by atoms with Crippen LogP contribution in [0.1, 0.15) is 38.2 Å². The summed E-state index contributed by atoms with van der Waals surface area (Å²) in [6.45, 7) is 4.98. The summed E-state index contributed by atoms with van der Waals surface area (Å²) in [5.41, 5.74) is 4.64. The van der Waals surface area contributed by atoms with Crippen LogP contribution in [-0.4, -0.2) is 19.5 Å². The molecule has 114 valence electrons. The Kier molecular flexibility index (Phi) is 9.98. The summed E-state index contributed by atoms with van der Waals surface area (Å²) in [6.07, 6.45) is 9.62. The molecule has 20 heavy (non-hydrogen) atoms. The number of aryl methyl sites for hydroxylation is 1. The standard InChI is InChI=1S/C8H17N.C7H8O3S/c1-2-3-4-5-6-7-8-9;1-6-2-4-7(5-3-6)11(8,9)10/h6-7H,2-5,8-9H2,1H3;2-5H,1H3,(H,8,9,10)/b7-6+;. The zero-order valence-corrected chi connectivity index (χ0v) is 13.2. The number of unbranched alkanes of at least 4 members (excludes halogenated alkanes) is 3. The molecule has 3 N–H and O–H groups in total. The predicted molar refractivity (Wildman–Crippen MR) is 80.2 cm³/mol. The van der Waals surface area contributed by atoms with E-state index in [1.165, 1.54) is 37.8 Å². The number of rotatable bonds is 6. The summed E-state index contributed by atoms with van der Waals surface area (Å²) in [5, 5.41) is 0. The van der Waals surface area contributed by atoms with Gasteiger partial charge in [0.25, 0.3) is 0 Å². The van der Waals surface area contributed by atoms with Crippen molar-refractivity contribution in [3.63, 3.8) is 0 Å². The van der Waals surface area contributed by atoms with Gasteiger partial charge in [-0.15, -0.1) is 0 Å². The number of hydrogen-bond donors (Lipinski definition) is 1. The van der Waals surface area contributed by atoms with Crippen molar-refractivity contribution in [3.05, 3.63) is 42.0 Å². The number of hydrogen-bond acceptors (Lipinski definition) is 3. The Morgan fingerprint density at radius 2 is 1.75 bits per heavy atom. The molecule has 0 atom stereocenters. The Labute approximate surface area is 122 Å². The predicted octanol–water partition coefficient (Wildman–Crippen LogP) is 2.26. The lowest BCUT2D eigenvalue weighted by Gasteiger charge is -2.05. The van der Waals surface area contributed by atoms with E-state index in [1.54, 1.807) is 12.1 Å². The summed E-state index contributed by atoms with van der Waals surface area (Å²) < 4.78 is 31.2. The minimum absolute atomic E-state index is 0.178. The molecule has 0 aliphatic heterocycles. The van der Waals surface area contributed by atoms with Crippen LogP contribution in [0.2, 0.25) is 0 Å². The molecule has 0 bridgehead atoms. The molecule has 5 heteroatoms. The van der Waals surface area contributed by atoms with E-state index >= 15 is 0 Å². The van der Waals surface area contributed by atoms with E-state index in [0.717, 1.165) is 12.1 Å². The molecule has 0 radical (unpaired) electrons. The first kappa shape index (κ1) is 18.8. The summed E-state index contributed by atoms with van der Waals surface area (Å²) in [5.74, 6) is 0. The lowest BCUT2D eigenvalue weighted by Crippen LogP contribution is -2.49. The van der Waals surface area contributed by atoms with Gasteiger partial charge in [-0.3, -0.25) is 0 Å². The maximum Gasteiger partial charge on any atom is 0.124 e. The fourth-order valence-corrected chi connectivity index (χ4v) is 1.92. The van der Waals surface area contributed by atoms with Gasteiger partial charge in [-0.05, 0) is 38.0 Å². The van der Waals surface area contributed by atoms with E-state index in [0.29, 0.717) is 0 Å². The topological polar surface area (TPSA) is 84.8 Å². The molecule has 0 unspecified atom stereocenters. The second kappa shape index (κ2) is 10.6. The number of benzene rings is 1. The van der Waals surface area contributed by atoms with Gasteiger partial charge in [0, 0.05) is 0 Å². The van der Waals surface area contributed by atoms with Gasteiger partial charge in [0.15, 0.2) is 0 Å². The van der Waals surface area contributed by atoms with E-state index in [-0.39, 0.29) is 4.90 Å². The molecular weight excluding hydrogens is 274 g/mol. The van der Waals surface area contributed by atoms with Crippen molar-refractivity contribution < 1.29 is 18.7 Å². The van der Waals surface area contributed by atoms with Gasteiger partial charge in [-0.25, -0.2) is 8.42 Å². The monoisotopic (exact) mass is 299 g/mol. The fraction of sp³-hybridized carbons (Fsp3) is 0.467. The first-order valence-corrected chi connectivity index (χ1v) is 8.29. The molecule has 4 nitrogen and oxygen atoms in total. The summed E-state index contributed by atoms with van der Waals surface area (Å²) >= 11 is 0. The third-order valence-corrected chi connectivity index (χ3v) is 3.47. The smallest absolute Gasteiger partial charge is 0.124 e. The molecule has 0 amide bonds. The van der Waals surface area contributed by atoms with Crippen LogP contribution in [0.4, 0.5) is 0 Å². The fourth-order valence-electron chi connectivity index (χ4n) is 1.45. The molecular formula is C15H25NO3S. The SMILES string of the molecule is CCCCC/C=C/C[NH3+].Cc1ccc(S(=O)(=O)[O-])cc1. The Morgan fingerprint density at radius 3 is 2.20 bits per heavy atom. The molecule has 0 fully saturated rings. The summed E-state index contributed by atoms with van der Waals surface area (Å²) in [7, 11) is -4.27. The van der Waals surface area contributed by atoms with Gasteiger partial charge < -0.3 is 10.3 Å². The van der Waals surface area contributed by atoms with Gasteiger partial charge in [-0.2, -0.15) is 0 Å². The van der Waals surface area contributed by atoms with E-state index < -0.39 is 10.1 Å². The summed E-state index contributed by atoms with van der Waals surface area (Å²) in [6, 6.07) is 5.78. The summed E-state index contributed by atoms with van der Waals surface area (Å²) in [4.78, 5) is -0.178. The minimum Gasteiger partial charge on any atom is -0.744 e. The lowest BCUT2D eigenvalue weighted by molar-refractivity contribution is -0.352. The van der Waals surface area contributed by atoms with E-state index in [2.05, 4.69) is 24.8 Å². The van der Waals surface area contributed by atoms with Gasteiger partial charge in [-0.1, -0.05) is 43.5 Å². The van der Waals surface area contributed by atoms with Crippen LogP contribution in [0.15, 0.2) is 41.3 Å². The van der Waals surface area contributed by atoms with Crippen molar-refractivity contribution in [2.75, 3.05) is 6.54 Å². The molecule has 0 aliphatic carbocycles. The third-order valence-electron chi connectivity index (χ3n) is 2.62. The average molecular weight is 299 g/mol. The van der Waals surface area contributed by atoms with Crippen molar-refractivity contribution in [2.24, 2.45) is 0 Å². The molecule has 1 aromatic carbocycles. The zero-order chi connectivity index (χ0) is 15.4. The van der Waals surface area contributed by atoms with Crippen LogP contribution in [0.5, 0.6) is 0 Å². The highest BCUT2D eigenvalue weighted by Crippen LogP contribution is 2.08.